The molecule has 172 valence electrons. The van der Waals surface area contributed by atoms with Crippen LogP contribution in [0.15, 0.2) is 12.4 Å². The Kier molecular flexibility index (Phi) is 7.57. The summed E-state index contributed by atoms with van der Waals surface area (Å²) < 4.78 is 17.7. The van der Waals surface area contributed by atoms with Gasteiger partial charge in [0.25, 0.3) is 5.91 Å². The second kappa shape index (κ2) is 9.81. The van der Waals surface area contributed by atoms with Crippen LogP contribution in [0.4, 0.5) is 0 Å². The number of aromatic nitrogens is 2. The molecule has 2 atom stereocenters. The summed E-state index contributed by atoms with van der Waals surface area (Å²) in [7, 11) is -0.500. The summed E-state index contributed by atoms with van der Waals surface area (Å²) in [6.07, 6.45) is 5.68. The van der Waals surface area contributed by atoms with Gasteiger partial charge >= 0.3 is 13.1 Å². The van der Waals surface area contributed by atoms with Gasteiger partial charge in [-0.2, -0.15) is 0 Å². The number of hydrogen-bond donors (Lipinski definition) is 2. The van der Waals surface area contributed by atoms with E-state index in [4.69, 9.17) is 19.2 Å². The van der Waals surface area contributed by atoms with Crippen LogP contribution in [-0.2, 0) is 14.1 Å². The van der Waals surface area contributed by atoms with Crippen LogP contribution >= 0.6 is 0 Å². The predicted molar refractivity (Wildman–Crippen MR) is 115 cm³/mol. The zero-order chi connectivity index (χ0) is 22.6. The van der Waals surface area contributed by atoms with Crippen LogP contribution in [-0.4, -0.2) is 81.7 Å². The minimum Gasteiger partial charge on any atom is -0.463 e. The van der Waals surface area contributed by atoms with Crippen molar-refractivity contribution in [1.29, 1.82) is 0 Å². The van der Waals surface area contributed by atoms with Gasteiger partial charge in [0.05, 0.1) is 24.4 Å². The van der Waals surface area contributed by atoms with Crippen molar-refractivity contribution in [3.8, 4) is 6.01 Å². The normalized spacial score (nSPS) is 23.6. The van der Waals surface area contributed by atoms with E-state index >= 15 is 0 Å². The van der Waals surface area contributed by atoms with Crippen molar-refractivity contribution < 1.29 is 29.1 Å². The van der Waals surface area contributed by atoms with Gasteiger partial charge in [-0.05, 0) is 59.3 Å². The molecule has 0 aromatic carbocycles. The van der Waals surface area contributed by atoms with Crippen LogP contribution in [0.3, 0.4) is 0 Å². The Labute approximate surface area is 184 Å². The molecule has 2 fully saturated rings. The first kappa shape index (κ1) is 23.9. The maximum atomic E-state index is 12.0. The molecule has 10 heteroatoms. The Bertz CT molecular complexity index is 729. The molecule has 2 aliphatic heterocycles. The molecule has 1 amide bonds. The van der Waals surface area contributed by atoms with E-state index in [0.29, 0.717) is 31.6 Å². The number of carbonyl (C=O) groups excluding carboxylic acids is 1. The number of nitrogens with zero attached hydrogens (tertiary/aromatic N) is 3. The first-order valence-corrected chi connectivity index (χ1v) is 11.0. The van der Waals surface area contributed by atoms with E-state index in [0.717, 1.165) is 31.1 Å². The zero-order valence-electron chi connectivity index (χ0n) is 18.9. The lowest BCUT2D eigenvalue weighted by atomic mass is 9.81. The number of carbonyl (C=O) groups is 1. The van der Waals surface area contributed by atoms with Crippen molar-refractivity contribution in [3.05, 3.63) is 12.4 Å². The Balaban J connectivity index is 1.41. The summed E-state index contributed by atoms with van der Waals surface area (Å²) >= 11 is 0. The van der Waals surface area contributed by atoms with Crippen molar-refractivity contribution in [1.82, 2.24) is 14.9 Å². The second-order valence-corrected chi connectivity index (χ2v) is 9.37. The SMILES string of the molecule is CC1(C)OB(c2cnc(OCCC[C@H]3CCCN(C(=O)[C@H](O)CO)C3)nc2)OC1(C)C. The molecule has 0 saturated carbocycles. The summed E-state index contributed by atoms with van der Waals surface area (Å²) in [5.74, 6) is -0.0298. The Morgan fingerprint density at radius 3 is 2.55 bits per heavy atom. The number of likely N-dealkylation sites (tertiary alicyclic amines) is 1. The van der Waals surface area contributed by atoms with E-state index in [1.54, 1.807) is 17.3 Å². The van der Waals surface area contributed by atoms with Crippen LogP contribution in [0.2, 0.25) is 0 Å². The molecule has 9 nitrogen and oxygen atoms in total. The smallest absolute Gasteiger partial charge is 0.463 e. The van der Waals surface area contributed by atoms with Crippen molar-refractivity contribution in [2.45, 2.75) is 70.7 Å². The minimum absolute atomic E-state index is 0.312. The molecule has 3 rings (SSSR count). The average Bonchev–Trinajstić information content (AvgIpc) is 2.97. The number of aliphatic hydroxyl groups is 2. The lowest BCUT2D eigenvalue weighted by molar-refractivity contribution is -0.144. The molecule has 3 heterocycles. The fourth-order valence-electron chi connectivity index (χ4n) is 3.83. The quantitative estimate of drug-likeness (QED) is 0.449. The van der Waals surface area contributed by atoms with E-state index in [2.05, 4.69) is 9.97 Å². The molecule has 0 radical (unpaired) electrons. The van der Waals surface area contributed by atoms with Crippen LogP contribution in [0, 0.1) is 5.92 Å². The summed E-state index contributed by atoms with van der Waals surface area (Å²) in [4.78, 5) is 22.2. The number of amides is 1. The van der Waals surface area contributed by atoms with Gasteiger partial charge in [-0.25, -0.2) is 9.97 Å². The average molecular weight is 435 g/mol. The van der Waals surface area contributed by atoms with Gasteiger partial charge in [0.15, 0.2) is 6.10 Å². The van der Waals surface area contributed by atoms with Gasteiger partial charge in [-0.3, -0.25) is 4.79 Å². The highest BCUT2D eigenvalue weighted by Gasteiger charge is 2.52. The van der Waals surface area contributed by atoms with Gasteiger partial charge in [0.2, 0.25) is 0 Å². The fraction of sp³-hybridized carbons (Fsp3) is 0.762. The number of rotatable bonds is 8. The van der Waals surface area contributed by atoms with Crippen LogP contribution in [0.25, 0.3) is 0 Å². The molecule has 0 aliphatic carbocycles. The standard InChI is InChI=1S/C21H34BN3O6/c1-20(2)21(3,4)31-22(30-20)16-11-23-19(24-12-16)29-10-6-8-15-7-5-9-25(13-15)18(28)17(27)14-26/h11-12,15,17,26-27H,5-10,13-14H2,1-4H3/t15-,17-/m1/s1. The number of piperidine rings is 1. The molecular weight excluding hydrogens is 401 g/mol. The molecule has 0 unspecified atom stereocenters. The molecule has 2 N–H and O–H groups in total. The highest BCUT2D eigenvalue weighted by Crippen LogP contribution is 2.36. The third-order valence-corrected chi connectivity index (χ3v) is 6.45. The fourth-order valence-corrected chi connectivity index (χ4v) is 3.83. The number of aliphatic hydroxyl groups excluding tert-OH is 2. The molecule has 1 aromatic heterocycles. The van der Waals surface area contributed by atoms with Crippen molar-refractivity contribution in [2.24, 2.45) is 5.92 Å². The number of ether oxygens (including phenoxy) is 1. The van der Waals surface area contributed by atoms with Crippen molar-refractivity contribution in [2.75, 3.05) is 26.3 Å². The molecule has 1 aromatic rings. The van der Waals surface area contributed by atoms with Crippen LogP contribution in [0.5, 0.6) is 6.01 Å². The lowest BCUT2D eigenvalue weighted by Crippen LogP contribution is -2.46. The van der Waals surface area contributed by atoms with Crippen LogP contribution in [0.1, 0.15) is 53.4 Å². The first-order valence-electron chi connectivity index (χ1n) is 11.0. The van der Waals surface area contributed by atoms with E-state index in [1.165, 1.54) is 0 Å². The summed E-state index contributed by atoms with van der Waals surface area (Å²) in [5.41, 5.74) is -0.0759. The molecule has 31 heavy (non-hydrogen) atoms. The maximum absolute atomic E-state index is 12.0. The van der Waals surface area contributed by atoms with Gasteiger partial charge in [0, 0.05) is 30.9 Å². The number of hydrogen-bond acceptors (Lipinski definition) is 8. The monoisotopic (exact) mass is 435 g/mol. The summed E-state index contributed by atoms with van der Waals surface area (Å²) in [6.45, 7) is 9.19. The highest BCUT2D eigenvalue weighted by molar-refractivity contribution is 6.61. The molecule has 0 bridgehead atoms. The van der Waals surface area contributed by atoms with Crippen LogP contribution < -0.4 is 10.2 Å². The minimum atomic E-state index is -1.32. The molecule has 0 spiro atoms. The van der Waals surface area contributed by atoms with Crippen molar-refractivity contribution >= 4 is 18.5 Å². The molecule has 2 saturated heterocycles. The predicted octanol–water partition coefficient (Wildman–Crippen LogP) is 0.527. The Hall–Kier alpha value is -1.75. The Morgan fingerprint density at radius 1 is 1.29 bits per heavy atom. The third-order valence-electron chi connectivity index (χ3n) is 6.45. The Morgan fingerprint density at radius 2 is 1.94 bits per heavy atom. The largest absolute Gasteiger partial charge is 0.498 e. The summed E-state index contributed by atoms with van der Waals surface area (Å²) in [6, 6.07) is 0.312. The molecule has 2 aliphatic rings. The zero-order valence-corrected chi connectivity index (χ0v) is 18.9. The highest BCUT2D eigenvalue weighted by atomic mass is 16.7. The van der Waals surface area contributed by atoms with E-state index in [1.807, 2.05) is 27.7 Å². The van der Waals surface area contributed by atoms with E-state index in [-0.39, 0.29) is 5.91 Å². The van der Waals surface area contributed by atoms with E-state index < -0.39 is 31.0 Å². The first-order chi connectivity index (χ1) is 14.6. The van der Waals surface area contributed by atoms with E-state index in [9.17, 15) is 9.90 Å². The maximum Gasteiger partial charge on any atom is 0.498 e. The van der Waals surface area contributed by atoms with Gasteiger partial charge in [0.1, 0.15) is 0 Å². The summed E-state index contributed by atoms with van der Waals surface area (Å²) in [5, 5.41) is 18.5. The van der Waals surface area contributed by atoms with Crippen molar-refractivity contribution in [3.63, 3.8) is 0 Å². The second-order valence-electron chi connectivity index (χ2n) is 9.37. The topological polar surface area (TPSA) is 114 Å². The lowest BCUT2D eigenvalue weighted by Gasteiger charge is -2.33. The van der Waals surface area contributed by atoms with Gasteiger partial charge in [-0.15, -0.1) is 0 Å². The van der Waals surface area contributed by atoms with Gasteiger partial charge < -0.3 is 29.2 Å². The molecular formula is C21H34BN3O6. The third kappa shape index (κ3) is 5.74. The van der Waals surface area contributed by atoms with Gasteiger partial charge in [-0.1, -0.05) is 0 Å².